The minimum atomic E-state index is -3.71. The molecule has 0 saturated carbocycles. The molecule has 0 aliphatic carbocycles. The van der Waals surface area contributed by atoms with Crippen LogP contribution in [-0.4, -0.2) is 14.7 Å². The van der Waals surface area contributed by atoms with E-state index in [0.717, 1.165) is 10.5 Å². The van der Waals surface area contributed by atoms with Crippen molar-refractivity contribution in [1.82, 2.24) is 0 Å². The monoisotopic (exact) mass is 322 g/mol. The van der Waals surface area contributed by atoms with Crippen molar-refractivity contribution in [2.24, 2.45) is 0 Å². The zero-order valence-corrected chi connectivity index (χ0v) is 13.8. The van der Waals surface area contributed by atoms with Crippen LogP contribution in [0.2, 0.25) is 0 Å². The van der Waals surface area contributed by atoms with E-state index in [4.69, 9.17) is 5.73 Å². The van der Waals surface area contributed by atoms with Crippen molar-refractivity contribution in [2.45, 2.75) is 23.6 Å². The Hall–Kier alpha value is -1.66. The van der Waals surface area contributed by atoms with Gasteiger partial charge in [-0.25, -0.2) is 8.42 Å². The molecule has 6 heteroatoms. The first-order valence-electron chi connectivity index (χ1n) is 6.37. The largest absolute Gasteiger partial charge is 0.398 e. The summed E-state index contributed by atoms with van der Waals surface area (Å²) in [6, 6.07) is 10.7. The normalized spacial score (nSPS) is 11.4. The molecular weight excluding hydrogens is 304 g/mol. The molecule has 0 aliphatic heterocycles. The Morgan fingerprint density at radius 3 is 2.52 bits per heavy atom. The van der Waals surface area contributed by atoms with Gasteiger partial charge in [0.25, 0.3) is 10.0 Å². The Morgan fingerprint density at radius 2 is 1.86 bits per heavy atom. The smallest absolute Gasteiger partial charge is 0.264 e. The molecule has 0 bridgehead atoms. The van der Waals surface area contributed by atoms with Gasteiger partial charge in [-0.1, -0.05) is 12.1 Å². The lowest BCUT2D eigenvalue weighted by Gasteiger charge is -2.14. The van der Waals surface area contributed by atoms with E-state index in [1.165, 1.54) is 0 Å². The third-order valence-corrected chi connectivity index (χ3v) is 5.61. The van der Waals surface area contributed by atoms with Gasteiger partial charge in [0.05, 0.1) is 5.69 Å². The zero-order valence-electron chi connectivity index (χ0n) is 12.2. The fraction of sp³-hybridized carbons (Fsp3) is 0.200. The molecule has 2 aromatic rings. The standard InChI is InChI=1S/C15H18N2O2S2/c1-10-7-8-14(16)15(11(10)2)21(18,19)17-12-5-4-6-13(9-12)20-3/h4-9,17H,16H2,1-3H3. The summed E-state index contributed by atoms with van der Waals surface area (Å²) in [6.07, 6.45) is 1.94. The summed E-state index contributed by atoms with van der Waals surface area (Å²) in [5, 5.41) is 0. The number of hydrogen-bond donors (Lipinski definition) is 2. The minimum Gasteiger partial charge on any atom is -0.398 e. The molecule has 3 N–H and O–H groups in total. The molecule has 0 aromatic heterocycles. The Morgan fingerprint density at radius 1 is 1.14 bits per heavy atom. The summed E-state index contributed by atoms with van der Waals surface area (Å²) in [7, 11) is -3.71. The van der Waals surface area contributed by atoms with Crippen LogP contribution in [0.1, 0.15) is 11.1 Å². The van der Waals surface area contributed by atoms with Crippen molar-refractivity contribution in [1.29, 1.82) is 0 Å². The van der Waals surface area contributed by atoms with Crippen molar-refractivity contribution in [2.75, 3.05) is 16.7 Å². The van der Waals surface area contributed by atoms with E-state index in [-0.39, 0.29) is 10.6 Å². The quantitative estimate of drug-likeness (QED) is 0.668. The van der Waals surface area contributed by atoms with Crippen molar-refractivity contribution >= 4 is 33.2 Å². The number of anilines is 2. The van der Waals surface area contributed by atoms with Gasteiger partial charge in [0.1, 0.15) is 4.90 Å². The van der Waals surface area contributed by atoms with Crippen LogP contribution in [-0.2, 0) is 10.0 Å². The van der Waals surface area contributed by atoms with Crippen LogP contribution in [0.5, 0.6) is 0 Å². The minimum absolute atomic E-state index is 0.150. The van der Waals surface area contributed by atoms with Gasteiger partial charge in [0.15, 0.2) is 0 Å². The summed E-state index contributed by atoms with van der Waals surface area (Å²) in [5.74, 6) is 0. The molecule has 0 spiro atoms. The number of benzene rings is 2. The molecule has 0 heterocycles. The van der Waals surface area contributed by atoms with Crippen molar-refractivity contribution in [3.63, 3.8) is 0 Å². The van der Waals surface area contributed by atoms with Gasteiger partial charge in [-0.15, -0.1) is 11.8 Å². The fourth-order valence-electron chi connectivity index (χ4n) is 2.06. The van der Waals surface area contributed by atoms with Gasteiger partial charge in [-0.3, -0.25) is 4.72 Å². The highest BCUT2D eigenvalue weighted by Crippen LogP contribution is 2.28. The number of nitrogens with one attached hydrogen (secondary N) is 1. The number of rotatable bonds is 4. The van der Waals surface area contributed by atoms with Gasteiger partial charge >= 0.3 is 0 Å². The van der Waals surface area contributed by atoms with Crippen LogP contribution in [0, 0.1) is 13.8 Å². The van der Waals surface area contributed by atoms with Gasteiger partial charge in [-0.05, 0) is 55.5 Å². The first kappa shape index (κ1) is 15.7. The fourth-order valence-corrected chi connectivity index (χ4v) is 4.00. The zero-order chi connectivity index (χ0) is 15.6. The van der Waals surface area contributed by atoms with Gasteiger partial charge in [-0.2, -0.15) is 0 Å². The van der Waals surface area contributed by atoms with Gasteiger partial charge in [0, 0.05) is 10.6 Å². The number of aryl methyl sites for hydroxylation is 1. The average Bonchev–Trinajstić information content (AvgIpc) is 2.42. The van der Waals surface area contributed by atoms with Crippen LogP contribution in [0.4, 0.5) is 11.4 Å². The third-order valence-electron chi connectivity index (χ3n) is 3.30. The molecule has 0 amide bonds. The first-order valence-corrected chi connectivity index (χ1v) is 9.08. The molecule has 21 heavy (non-hydrogen) atoms. The number of hydrogen-bond acceptors (Lipinski definition) is 4. The number of nitrogen functional groups attached to an aromatic ring is 1. The van der Waals surface area contributed by atoms with E-state index in [1.807, 2.05) is 31.4 Å². The van der Waals surface area contributed by atoms with E-state index in [1.54, 1.807) is 36.9 Å². The Bertz CT molecular complexity index is 771. The second kappa shape index (κ2) is 5.99. The summed E-state index contributed by atoms with van der Waals surface area (Å²) in [6.45, 7) is 3.63. The highest BCUT2D eigenvalue weighted by atomic mass is 32.2. The molecule has 0 fully saturated rings. The Kier molecular flexibility index (Phi) is 4.49. The van der Waals surface area contributed by atoms with E-state index in [9.17, 15) is 8.42 Å². The maximum atomic E-state index is 12.6. The molecule has 0 unspecified atom stereocenters. The molecular formula is C15H18N2O2S2. The number of nitrogens with two attached hydrogens (primary N) is 1. The molecule has 0 aliphatic rings. The predicted octanol–water partition coefficient (Wildman–Crippen LogP) is 3.41. The number of sulfonamides is 1. The molecule has 0 saturated heterocycles. The topological polar surface area (TPSA) is 72.2 Å². The second-order valence-electron chi connectivity index (χ2n) is 4.76. The maximum Gasteiger partial charge on any atom is 0.264 e. The van der Waals surface area contributed by atoms with Crippen LogP contribution in [0.25, 0.3) is 0 Å². The molecule has 4 nitrogen and oxygen atoms in total. The third kappa shape index (κ3) is 3.33. The Balaban J connectivity index is 2.46. The van der Waals surface area contributed by atoms with E-state index < -0.39 is 10.0 Å². The van der Waals surface area contributed by atoms with E-state index in [2.05, 4.69) is 4.72 Å². The van der Waals surface area contributed by atoms with E-state index >= 15 is 0 Å². The second-order valence-corrected chi connectivity index (χ2v) is 7.26. The lowest BCUT2D eigenvalue weighted by Crippen LogP contribution is -2.16. The highest BCUT2D eigenvalue weighted by Gasteiger charge is 2.21. The predicted molar refractivity (Wildman–Crippen MR) is 89.4 cm³/mol. The van der Waals surface area contributed by atoms with Crippen molar-refractivity contribution in [3.8, 4) is 0 Å². The molecule has 2 rings (SSSR count). The van der Waals surface area contributed by atoms with Crippen molar-refractivity contribution in [3.05, 3.63) is 47.5 Å². The van der Waals surface area contributed by atoms with Crippen molar-refractivity contribution < 1.29 is 8.42 Å². The van der Waals surface area contributed by atoms with Gasteiger partial charge in [0.2, 0.25) is 0 Å². The SMILES string of the molecule is CSc1cccc(NS(=O)(=O)c2c(N)ccc(C)c2C)c1. The molecule has 2 aromatic carbocycles. The summed E-state index contributed by atoms with van der Waals surface area (Å²) >= 11 is 1.55. The van der Waals surface area contributed by atoms with Crippen LogP contribution in [0.15, 0.2) is 46.2 Å². The first-order chi connectivity index (χ1) is 9.85. The molecule has 0 atom stereocenters. The maximum absolute atomic E-state index is 12.6. The summed E-state index contributed by atoms with van der Waals surface area (Å²) < 4.78 is 27.8. The summed E-state index contributed by atoms with van der Waals surface area (Å²) in [4.78, 5) is 1.14. The molecule has 112 valence electrons. The Labute approximate surface area is 129 Å². The average molecular weight is 322 g/mol. The van der Waals surface area contributed by atoms with Crippen LogP contribution < -0.4 is 10.5 Å². The molecule has 0 radical (unpaired) electrons. The van der Waals surface area contributed by atoms with Gasteiger partial charge < -0.3 is 5.73 Å². The highest BCUT2D eigenvalue weighted by molar-refractivity contribution is 7.98. The van der Waals surface area contributed by atoms with Crippen LogP contribution >= 0.6 is 11.8 Å². The van der Waals surface area contributed by atoms with E-state index in [0.29, 0.717) is 11.3 Å². The lowest BCUT2D eigenvalue weighted by atomic mass is 10.1. The number of thioether (sulfide) groups is 1. The van der Waals surface area contributed by atoms with Crippen LogP contribution in [0.3, 0.4) is 0 Å². The summed E-state index contributed by atoms with van der Waals surface area (Å²) in [5.41, 5.74) is 8.21. The lowest BCUT2D eigenvalue weighted by molar-refractivity contribution is 0.601.